The Hall–Kier alpha value is -0.160. The van der Waals surface area contributed by atoms with Crippen molar-refractivity contribution < 1.29 is 10.2 Å². The van der Waals surface area contributed by atoms with Crippen LogP contribution < -0.4 is 5.32 Å². The molecule has 3 unspecified atom stereocenters. The molecule has 1 heterocycles. The molecular formula is C11H24N2O2. The van der Waals surface area contributed by atoms with E-state index >= 15 is 0 Å². The second kappa shape index (κ2) is 5.25. The first-order chi connectivity index (χ1) is 6.94. The summed E-state index contributed by atoms with van der Waals surface area (Å²) in [5, 5.41) is 22.3. The van der Waals surface area contributed by atoms with Crippen LogP contribution in [0.3, 0.4) is 0 Å². The average Bonchev–Trinajstić information content (AvgIpc) is 2.07. The molecule has 0 bridgehead atoms. The molecule has 0 amide bonds. The number of hydrogen-bond acceptors (Lipinski definition) is 4. The van der Waals surface area contributed by atoms with Crippen LogP contribution in [-0.4, -0.2) is 59.0 Å². The molecule has 1 saturated heterocycles. The van der Waals surface area contributed by atoms with Crippen LogP contribution in [0.1, 0.15) is 27.2 Å². The Morgan fingerprint density at radius 2 is 2.00 bits per heavy atom. The second-order valence-electron chi connectivity index (χ2n) is 5.02. The summed E-state index contributed by atoms with van der Waals surface area (Å²) in [5.74, 6) is 0. The lowest BCUT2D eigenvalue weighted by atomic mass is 9.90. The van der Waals surface area contributed by atoms with Crippen molar-refractivity contribution in [2.24, 2.45) is 0 Å². The molecular weight excluding hydrogens is 192 g/mol. The van der Waals surface area contributed by atoms with Gasteiger partial charge in [-0.15, -0.1) is 0 Å². The first-order valence-electron chi connectivity index (χ1n) is 5.76. The lowest BCUT2D eigenvalue weighted by Gasteiger charge is -2.46. The zero-order valence-corrected chi connectivity index (χ0v) is 10.0. The summed E-state index contributed by atoms with van der Waals surface area (Å²) in [6.07, 6.45) is 0.134. The molecule has 0 radical (unpaired) electrons. The van der Waals surface area contributed by atoms with Crippen molar-refractivity contribution in [2.45, 2.75) is 44.9 Å². The fraction of sp³-hybridized carbons (Fsp3) is 1.00. The van der Waals surface area contributed by atoms with Gasteiger partial charge in [0.25, 0.3) is 0 Å². The molecule has 1 aliphatic heterocycles. The molecule has 3 atom stereocenters. The van der Waals surface area contributed by atoms with Crippen molar-refractivity contribution in [1.29, 1.82) is 0 Å². The molecule has 0 saturated carbocycles. The van der Waals surface area contributed by atoms with Crippen LogP contribution in [0.25, 0.3) is 0 Å². The molecule has 4 heteroatoms. The van der Waals surface area contributed by atoms with Gasteiger partial charge in [0.2, 0.25) is 0 Å². The minimum atomic E-state index is -0.309. The molecule has 1 fully saturated rings. The van der Waals surface area contributed by atoms with Crippen molar-refractivity contribution in [2.75, 3.05) is 26.2 Å². The molecule has 1 rings (SSSR count). The van der Waals surface area contributed by atoms with E-state index in [0.29, 0.717) is 6.54 Å². The first-order valence-corrected chi connectivity index (χ1v) is 5.76. The minimum Gasteiger partial charge on any atom is -0.393 e. The number of aliphatic hydroxyl groups excluding tert-OH is 2. The predicted molar refractivity (Wildman–Crippen MR) is 60.8 cm³/mol. The highest BCUT2D eigenvalue weighted by molar-refractivity contribution is 4.93. The summed E-state index contributed by atoms with van der Waals surface area (Å²) in [7, 11) is 0. The van der Waals surface area contributed by atoms with Gasteiger partial charge in [0.05, 0.1) is 12.2 Å². The predicted octanol–water partition coefficient (Wildman–Crippen LogP) is -0.198. The Kier molecular flexibility index (Phi) is 4.52. The van der Waals surface area contributed by atoms with Gasteiger partial charge in [0, 0.05) is 31.7 Å². The van der Waals surface area contributed by atoms with E-state index in [9.17, 15) is 10.2 Å². The number of β-amino-alcohol motifs (C(OH)–C–C–N with tert-alkyl or cyclic N) is 1. The summed E-state index contributed by atoms with van der Waals surface area (Å²) in [6.45, 7) is 9.24. The zero-order valence-electron chi connectivity index (χ0n) is 10.0. The summed E-state index contributed by atoms with van der Waals surface area (Å²) in [5.41, 5.74) is -0.0383. The van der Waals surface area contributed by atoms with E-state index in [4.69, 9.17) is 0 Å². The number of nitrogens with one attached hydrogen (secondary N) is 1. The largest absolute Gasteiger partial charge is 0.393 e. The Morgan fingerprint density at radius 1 is 1.33 bits per heavy atom. The monoisotopic (exact) mass is 216 g/mol. The van der Waals surface area contributed by atoms with Crippen LogP contribution in [0.15, 0.2) is 0 Å². The van der Waals surface area contributed by atoms with Gasteiger partial charge in [-0.3, -0.25) is 4.90 Å². The summed E-state index contributed by atoms with van der Waals surface area (Å²) in [4.78, 5) is 2.28. The topological polar surface area (TPSA) is 55.7 Å². The Morgan fingerprint density at radius 3 is 2.53 bits per heavy atom. The fourth-order valence-corrected chi connectivity index (χ4v) is 2.42. The fourth-order valence-electron chi connectivity index (χ4n) is 2.42. The highest BCUT2D eigenvalue weighted by Gasteiger charge is 2.35. The number of nitrogens with zero attached hydrogens (tertiary/aromatic N) is 1. The van der Waals surface area contributed by atoms with Crippen LogP contribution in [0, 0.1) is 0 Å². The van der Waals surface area contributed by atoms with Crippen LogP contribution in [0.4, 0.5) is 0 Å². The summed E-state index contributed by atoms with van der Waals surface area (Å²) in [6, 6.07) is 0. The van der Waals surface area contributed by atoms with Crippen LogP contribution >= 0.6 is 0 Å². The maximum Gasteiger partial charge on any atom is 0.0639 e. The van der Waals surface area contributed by atoms with E-state index in [1.165, 1.54) is 0 Å². The SMILES string of the molecule is CC(O)CN1CCNCC1(C)CC(C)O. The molecule has 0 aliphatic carbocycles. The van der Waals surface area contributed by atoms with E-state index in [-0.39, 0.29) is 17.7 Å². The third kappa shape index (κ3) is 3.72. The van der Waals surface area contributed by atoms with Gasteiger partial charge >= 0.3 is 0 Å². The van der Waals surface area contributed by atoms with Gasteiger partial charge in [-0.1, -0.05) is 0 Å². The van der Waals surface area contributed by atoms with Crippen LogP contribution in [0.5, 0.6) is 0 Å². The smallest absolute Gasteiger partial charge is 0.0639 e. The summed E-state index contributed by atoms with van der Waals surface area (Å²) >= 11 is 0. The molecule has 15 heavy (non-hydrogen) atoms. The molecule has 0 aromatic carbocycles. The highest BCUT2D eigenvalue weighted by Crippen LogP contribution is 2.23. The van der Waals surface area contributed by atoms with E-state index in [0.717, 1.165) is 26.1 Å². The molecule has 0 spiro atoms. The van der Waals surface area contributed by atoms with Crippen molar-refractivity contribution >= 4 is 0 Å². The van der Waals surface area contributed by atoms with Crippen molar-refractivity contribution in [3.63, 3.8) is 0 Å². The lowest BCUT2D eigenvalue weighted by molar-refractivity contribution is 0.00173. The first kappa shape index (κ1) is 12.9. The van der Waals surface area contributed by atoms with E-state index in [1.807, 2.05) is 13.8 Å². The Labute approximate surface area is 92.3 Å². The van der Waals surface area contributed by atoms with Crippen molar-refractivity contribution in [1.82, 2.24) is 10.2 Å². The van der Waals surface area contributed by atoms with Gasteiger partial charge in [0.1, 0.15) is 0 Å². The van der Waals surface area contributed by atoms with Gasteiger partial charge in [0.15, 0.2) is 0 Å². The van der Waals surface area contributed by atoms with Gasteiger partial charge in [-0.2, -0.15) is 0 Å². The van der Waals surface area contributed by atoms with E-state index in [2.05, 4.69) is 17.1 Å². The molecule has 4 nitrogen and oxygen atoms in total. The van der Waals surface area contributed by atoms with E-state index in [1.54, 1.807) is 0 Å². The van der Waals surface area contributed by atoms with Gasteiger partial charge < -0.3 is 15.5 Å². The average molecular weight is 216 g/mol. The third-order valence-corrected chi connectivity index (χ3v) is 3.05. The third-order valence-electron chi connectivity index (χ3n) is 3.05. The van der Waals surface area contributed by atoms with Crippen LogP contribution in [0.2, 0.25) is 0 Å². The molecule has 0 aromatic rings. The molecule has 90 valence electrons. The minimum absolute atomic E-state index is 0.0383. The maximum absolute atomic E-state index is 9.50. The van der Waals surface area contributed by atoms with Crippen LogP contribution in [-0.2, 0) is 0 Å². The Balaban J connectivity index is 2.62. The number of aliphatic hydroxyl groups is 2. The lowest BCUT2D eigenvalue weighted by Crippen LogP contribution is -2.61. The number of hydrogen-bond donors (Lipinski definition) is 3. The summed E-state index contributed by atoms with van der Waals surface area (Å²) < 4.78 is 0. The number of piperazine rings is 1. The molecule has 1 aliphatic rings. The van der Waals surface area contributed by atoms with E-state index < -0.39 is 0 Å². The second-order valence-corrected chi connectivity index (χ2v) is 5.02. The maximum atomic E-state index is 9.50. The molecule has 0 aromatic heterocycles. The normalized spacial score (nSPS) is 32.6. The number of rotatable bonds is 4. The highest BCUT2D eigenvalue weighted by atomic mass is 16.3. The Bertz CT molecular complexity index is 197. The quantitative estimate of drug-likeness (QED) is 0.609. The van der Waals surface area contributed by atoms with Crippen molar-refractivity contribution in [3.8, 4) is 0 Å². The standard InChI is InChI=1S/C11H24N2O2/c1-9(14)6-11(3)8-12-4-5-13(11)7-10(2)15/h9-10,12,14-15H,4-8H2,1-3H3. The van der Waals surface area contributed by atoms with Crippen molar-refractivity contribution in [3.05, 3.63) is 0 Å². The molecule has 3 N–H and O–H groups in total. The van der Waals surface area contributed by atoms with Gasteiger partial charge in [-0.05, 0) is 27.2 Å². The zero-order chi connectivity index (χ0) is 11.5. The van der Waals surface area contributed by atoms with Gasteiger partial charge in [-0.25, -0.2) is 0 Å².